The van der Waals surface area contributed by atoms with Crippen LogP contribution in [0.1, 0.15) is 19.3 Å². The molecule has 3 heteroatoms. The highest BCUT2D eigenvalue weighted by atomic mass is 16.4. The number of carboxylic acids is 1. The smallest absolute Gasteiger partial charge is 0.327 e. The summed E-state index contributed by atoms with van der Waals surface area (Å²) in [5, 5.41) is 8.35. The Bertz CT molecular complexity index is 189. The van der Waals surface area contributed by atoms with E-state index in [1.165, 1.54) is 18.9 Å². The largest absolute Gasteiger partial charge is 0.478 e. The molecular weight excluding hydrogens is 154 g/mol. The molecule has 1 fully saturated rings. The molecule has 68 valence electrons. The molecule has 1 aliphatic rings. The molecule has 3 nitrogen and oxygen atoms in total. The Labute approximate surface area is 72.7 Å². The molecule has 0 amide bonds. The highest BCUT2D eigenvalue weighted by Gasteiger charge is 2.18. The van der Waals surface area contributed by atoms with Crippen LogP contribution >= 0.6 is 0 Å². The Kier molecular flexibility index (Phi) is 3.29. The lowest BCUT2D eigenvalue weighted by Gasteiger charge is -2.16. The highest BCUT2D eigenvalue weighted by Crippen LogP contribution is 2.17. The van der Waals surface area contributed by atoms with Gasteiger partial charge in [-0.05, 0) is 32.9 Å². The van der Waals surface area contributed by atoms with E-state index in [4.69, 9.17) is 5.11 Å². The van der Waals surface area contributed by atoms with Gasteiger partial charge in [-0.15, -0.1) is 0 Å². The van der Waals surface area contributed by atoms with Gasteiger partial charge in [0, 0.05) is 12.1 Å². The average molecular weight is 169 g/mol. The molecule has 1 N–H and O–H groups in total. The van der Waals surface area contributed by atoms with E-state index in [-0.39, 0.29) is 0 Å². The Morgan fingerprint density at radius 2 is 2.50 bits per heavy atom. The Morgan fingerprint density at radius 3 is 3.00 bits per heavy atom. The number of aliphatic carboxylic acids is 1. The summed E-state index contributed by atoms with van der Waals surface area (Å²) >= 11 is 0. The molecule has 0 aromatic heterocycles. The van der Waals surface area contributed by atoms with Crippen LogP contribution in [-0.2, 0) is 4.79 Å². The minimum atomic E-state index is -0.851. The Morgan fingerprint density at radius 1 is 1.75 bits per heavy atom. The summed E-state index contributed by atoms with van der Waals surface area (Å²) in [4.78, 5) is 12.4. The third-order valence-corrected chi connectivity index (χ3v) is 2.34. The molecular formula is C9H15NO2. The first kappa shape index (κ1) is 9.26. The van der Waals surface area contributed by atoms with Crippen molar-refractivity contribution in [2.45, 2.75) is 25.3 Å². The normalized spacial score (nSPS) is 25.2. The number of carboxylic acid groups (broad SMARTS) is 1. The van der Waals surface area contributed by atoms with Gasteiger partial charge >= 0.3 is 5.97 Å². The van der Waals surface area contributed by atoms with Crippen molar-refractivity contribution in [2.24, 2.45) is 0 Å². The van der Waals surface area contributed by atoms with Crippen LogP contribution in [0.3, 0.4) is 0 Å². The minimum Gasteiger partial charge on any atom is -0.478 e. The van der Waals surface area contributed by atoms with Crippen LogP contribution in [0.4, 0.5) is 0 Å². The zero-order valence-corrected chi connectivity index (χ0v) is 7.36. The number of likely N-dealkylation sites (tertiary alicyclic amines) is 1. The summed E-state index contributed by atoms with van der Waals surface area (Å²) in [6.45, 7) is 1.14. The predicted octanol–water partition coefficient (Wildman–Crippen LogP) is 1.11. The van der Waals surface area contributed by atoms with Crippen molar-refractivity contribution in [1.82, 2.24) is 4.90 Å². The van der Waals surface area contributed by atoms with Crippen molar-refractivity contribution in [3.05, 3.63) is 12.2 Å². The molecule has 1 saturated heterocycles. The number of hydrogen-bond donors (Lipinski definition) is 1. The van der Waals surface area contributed by atoms with E-state index in [1.54, 1.807) is 6.08 Å². The summed E-state index contributed by atoms with van der Waals surface area (Å²) in [7, 11) is 2.09. The van der Waals surface area contributed by atoms with Gasteiger partial charge < -0.3 is 10.0 Å². The SMILES string of the molecule is CN1CCCC1C/C=C\C(=O)O. The van der Waals surface area contributed by atoms with Gasteiger partial charge in [0.25, 0.3) is 0 Å². The van der Waals surface area contributed by atoms with Gasteiger partial charge in [0.2, 0.25) is 0 Å². The molecule has 0 radical (unpaired) electrons. The van der Waals surface area contributed by atoms with E-state index in [1.807, 2.05) is 0 Å². The number of nitrogens with zero attached hydrogens (tertiary/aromatic N) is 1. The summed E-state index contributed by atoms with van der Waals surface area (Å²) in [6.07, 6.45) is 6.27. The fraction of sp³-hybridized carbons (Fsp3) is 0.667. The molecule has 0 aromatic rings. The highest BCUT2D eigenvalue weighted by molar-refractivity contribution is 5.79. The zero-order chi connectivity index (χ0) is 8.97. The van der Waals surface area contributed by atoms with E-state index in [0.717, 1.165) is 13.0 Å². The van der Waals surface area contributed by atoms with Crippen LogP contribution in [0.5, 0.6) is 0 Å². The van der Waals surface area contributed by atoms with E-state index in [0.29, 0.717) is 6.04 Å². The molecule has 0 spiro atoms. The average Bonchev–Trinajstić information content (AvgIpc) is 2.36. The van der Waals surface area contributed by atoms with Crippen LogP contribution in [0, 0.1) is 0 Å². The molecule has 0 aromatic carbocycles. The monoisotopic (exact) mass is 169 g/mol. The fourth-order valence-corrected chi connectivity index (χ4v) is 1.60. The van der Waals surface area contributed by atoms with E-state index in [9.17, 15) is 4.79 Å². The molecule has 1 aliphatic heterocycles. The summed E-state index contributed by atoms with van der Waals surface area (Å²) in [5.41, 5.74) is 0. The topological polar surface area (TPSA) is 40.5 Å². The van der Waals surface area contributed by atoms with E-state index < -0.39 is 5.97 Å². The van der Waals surface area contributed by atoms with Gasteiger partial charge in [-0.1, -0.05) is 6.08 Å². The zero-order valence-electron chi connectivity index (χ0n) is 7.36. The van der Waals surface area contributed by atoms with Crippen LogP contribution in [0.2, 0.25) is 0 Å². The summed E-state index contributed by atoms with van der Waals surface area (Å²) in [5.74, 6) is -0.851. The molecule has 0 bridgehead atoms. The van der Waals surface area contributed by atoms with Gasteiger partial charge in [0.05, 0.1) is 0 Å². The van der Waals surface area contributed by atoms with Crippen molar-refractivity contribution in [1.29, 1.82) is 0 Å². The van der Waals surface area contributed by atoms with Crippen LogP contribution < -0.4 is 0 Å². The van der Waals surface area contributed by atoms with Gasteiger partial charge in [-0.25, -0.2) is 4.79 Å². The molecule has 1 heterocycles. The molecule has 0 saturated carbocycles. The van der Waals surface area contributed by atoms with Gasteiger partial charge in [0.15, 0.2) is 0 Å². The maximum atomic E-state index is 10.2. The molecule has 1 rings (SSSR count). The number of rotatable bonds is 3. The lowest BCUT2D eigenvalue weighted by molar-refractivity contribution is -0.131. The second kappa shape index (κ2) is 4.26. The van der Waals surface area contributed by atoms with Gasteiger partial charge in [-0.2, -0.15) is 0 Å². The Balaban J connectivity index is 2.26. The fourth-order valence-electron chi connectivity index (χ4n) is 1.60. The maximum Gasteiger partial charge on any atom is 0.327 e. The van der Waals surface area contributed by atoms with Crippen LogP contribution in [0.25, 0.3) is 0 Å². The standard InChI is InChI=1S/C9H15NO2/c1-10-7-3-5-8(10)4-2-6-9(11)12/h2,6,8H,3-5,7H2,1H3,(H,11,12)/b6-2-. The first-order chi connectivity index (χ1) is 5.70. The molecule has 12 heavy (non-hydrogen) atoms. The van der Waals surface area contributed by atoms with Crippen molar-refractivity contribution in [2.75, 3.05) is 13.6 Å². The second-order valence-electron chi connectivity index (χ2n) is 3.25. The second-order valence-corrected chi connectivity index (χ2v) is 3.25. The lowest BCUT2D eigenvalue weighted by atomic mass is 10.1. The van der Waals surface area contributed by atoms with Crippen molar-refractivity contribution in [3.63, 3.8) is 0 Å². The lowest BCUT2D eigenvalue weighted by Crippen LogP contribution is -2.23. The third-order valence-electron chi connectivity index (χ3n) is 2.34. The van der Waals surface area contributed by atoms with E-state index in [2.05, 4.69) is 11.9 Å². The first-order valence-electron chi connectivity index (χ1n) is 4.30. The van der Waals surface area contributed by atoms with Crippen molar-refractivity contribution < 1.29 is 9.90 Å². The van der Waals surface area contributed by atoms with Crippen LogP contribution in [0.15, 0.2) is 12.2 Å². The molecule has 1 unspecified atom stereocenters. The first-order valence-corrected chi connectivity index (χ1v) is 4.30. The Hall–Kier alpha value is -0.830. The number of hydrogen-bond acceptors (Lipinski definition) is 2. The molecule has 0 aliphatic carbocycles. The quantitative estimate of drug-likeness (QED) is 0.643. The van der Waals surface area contributed by atoms with Crippen molar-refractivity contribution in [3.8, 4) is 0 Å². The van der Waals surface area contributed by atoms with E-state index >= 15 is 0 Å². The summed E-state index contributed by atoms with van der Waals surface area (Å²) in [6, 6.07) is 0.556. The summed E-state index contributed by atoms with van der Waals surface area (Å²) < 4.78 is 0. The predicted molar refractivity (Wildman–Crippen MR) is 47.0 cm³/mol. The maximum absolute atomic E-state index is 10.2. The van der Waals surface area contributed by atoms with Crippen LogP contribution in [-0.4, -0.2) is 35.6 Å². The van der Waals surface area contributed by atoms with Gasteiger partial charge in [-0.3, -0.25) is 0 Å². The minimum absolute atomic E-state index is 0.556. The van der Waals surface area contributed by atoms with Crippen molar-refractivity contribution >= 4 is 5.97 Å². The molecule has 1 atom stereocenters. The number of carbonyl (C=O) groups is 1. The van der Waals surface area contributed by atoms with Gasteiger partial charge in [0.1, 0.15) is 0 Å². The third kappa shape index (κ3) is 2.66.